The molecule has 0 saturated carbocycles. The maximum atomic E-state index is 12.7. The van der Waals surface area contributed by atoms with Crippen LogP contribution < -0.4 is 10.2 Å². The fraction of sp³-hybridized carbons (Fsp3) is 0.478. The van der Waals surface area contributed by atoms with E-state index in [-0.39, 0.29) is 17.4 Å². The highest BCUT2D eigenvalue weighted by Crippen LogP contribution is 2.31. The molecule has 1 aromatic carbocycles. The maximum Gasteiger partial charge on any atom is 0.255 e. The molecule has 2 fully saturated rings. The Morgan fingerprint density at radius 1 is 1.06 bits per heavy atom. The molecule has 7 nitrogen and oxygen atoms in total. The second-order valence-electron chi connectivity index (χ2n) is 8.70. The number of halogens is 2. The molecular formula is C23H28Cl2N4O3S. The number of anilines is 2. The van der Waals surface area contributed by atoms with Crippen molar-refractivity contribution >= 4 is 50.5 Å². The average Bonchev–Trinajstić information content (AvgIpc) is 2.79. The number of piperidine rings is 1. The van der Waals surface area contributed by atoms with E-state index in [2.05, 4.69) is 20.1 Å². The summed E-state index contributed by atoms with van der Waals surface area (Å²) >= 11 is 12.2. The molecule has 1 N–H and O–H groups in total. The number of amides is 1. The van der Waals surface area contributed by atoms with Crippen LogP contribution in [0.15, 0.2) is 36.5 Å². The van der Waals surface area contributed by atoms with Gasteiger partial charge >= 0.3 is 0 Å². The van der Waals surface area contributed by atoms with Gasteiger partial charge in [-0.25, -0.2) is 13.4 Å². The normalized spacial score (nSPS) is 19.4. The van der Waals surface area contributed by atoms with Crippen LogP contribution >= 0.6 is 23.2 Å². The maximum absolute atomic E-state index is 12.7. The monoisotopic (exact) mass is 510 g/mol. The van der Waals surface area contributed by atoms with Crippen LogP contribution in [0.25, 0.3) is 0 Å². The van der Waals surface area contributed by atoms with Gasteiger partial charge in [0.15, 0.2) is 15.7 Å². The van der Waals surface area contributed by atoms with E-state index < -0.39 is 9.84 Å². The van der Waals surface area contributed by atoms with Crippen molar-refractivity contribution in [2.45, 2.75) is 19.3 Å². The molecule has 0 spiro atoms. The van der Waals surface area contributed by atoms with Gasteiger partial charge in [-0.2, -0.15) is 0 Å². The molecular weight excluding hydrogens is 483 g/mol. The zero-order valence-electron chi connectivity index (χ0n) is 18.3. The van der Waals surface area contributed by atoms with Crippen LogP contribution in [-0.4, -0.2) is 68.4 Å². The van der Waals surface area contributed by atoms with Crippen molar-refractivity contribution in [2.75, 3.05) is 54.4 Å². The number of rotatable bonds is 6. The van der Waals surface area contributed by atoms with Gasteiger partial charge in [0.25, 0.3) is 5.91 Å². The fourth-order valence-corrected chi connectivity index (χ4v) is 6.00. The molecule has 178 valence electrons. The van der Waals surface area contributed by atoms with Gasteiger partial charge in [0.1, 0.15) is 0 Å². The molecule has 0 unspecified atom stereocenters. The number of carbonyl (C=O) groups excluding carboxylic acids is 1. The zero-order chi connectivity index (χ0) is 23.4. The summed E-state index contributed by atoms with van der Waals surface area (Å²) in [4.78, 5) is 21.7. The first-order valence-electron chi connectivity index (χ1n) is 11.2. The topological polar surface area (TPSA) is 82.6 Å². The van der Waals surface area contributed by atoms with Gasteiger partial charge in [0, 0.05) is 43.0 Å². The molecule has 33 heavy (non-hydrogen) atoms. The minimum atomic E-state index is -2.83. The Labute approximate surface area is 205 Å². The number of hydrogen-bond acceptors (Lipinski definition) is 6. The van der Waals surface area contributed by atoms with Gasteiger partial charge in [-0.1, -0.05) is 29.3 Å². The molecule has 2 aliphatic heterocycles. The Balaban J connectivity index is 1.34. The van der Waals surface area contributed by atoms with Crippen LogP contribution in [0.2, 0.25) is 10.0 Å². The molecule has 0 bridgehead atoms. The average molecular weight is 511 g/mol. The number of aromatic nitrogens is 1. The third-order valence-electron chi connectivity index (χ3n) is 6.37. The third kappa shape index (κ3) is 6.59. The summed E-state index contributed by atoms with van der Waals surface area (Å²) in [6.07, 6.45) is 4.72. The molecule has 0 atom stereocenters. The highest BCUT2D eigenvalue weighted by molar-refractivity contribution is 7.91. The second-order valence-corrected chi connectivity index (χ2v) is 11.9. The first kappa shape index (κ1) is 24.3. The van der Waals surface area contributed by atoms with Gasteiger partial charge in [0.2, 0.25) is 0 Å². The van der Waals surface area contributed by atoms with Crippen LogP contribution in [0.5, 0.6) is 0 Å². The quantitative estimate of drug-likeness (QED) is 0.632. The van der Waals surface area contributed by atoms with E-state index in [0.717, 1.165) is 44.7 Å². The zero-order valence-corrected chi connectivity index (χ0v) is 20.7. The SMILES string of the molecule is O=C(Nc1cc(Cl)cnc1N1CCC(CCN2CCS(=O)(=O)CC2)CC1)c1cccc(Cl)c1. The van der Waals surface area contributed by atoms with Crippen molar-refractivity contribution in [1.29, 1.82) is 0 Å². The molecule has 3 heterocycles. The number of nitrogens with zero attached hydrogens (tertiary/aromatic N) is 3. The highest BCUT2D eigenvalue weighted by atomic mass is 35.5. The summed E-state index contributed by atoms with van der Waals surface area (Å²) in [7, 11) is -2.83. The molecule has 2 saturated heterocycles. The van der Waals surface area contributed by atoms with E-state index in [0.29, 0.717) is 40.3 Å². The Kier molecular flexibility index (Phi) is 7.79. The lowest BCUT2D eigenvalue weighted by molar-refractivity contribution is 0.102. The summed E-state index contributed by atoms with van der Waals surface area (Å²) in [6.45, 7) is 3.92. The van der Waals surface area contributed by atoms with Crippen molar-refractivity contribution in [2.24, 2.45) is 5.92 Å². The Morgan fingerprint density at radius 2 is 1.79 bits per heavy atom. The van der Waals surface area contributed by atoms with E-state index in [9.17, 15) is 13.2 Å². The van der Waals surface area contributed by atoms with E-state index in [4.69, 9.17) is 23.2 Å². The van der Waals surface area contributed by atoms with Crippen molar-refractivity contribution < 1.29 is 13.2 Å². The first-order chi connectivity index (χ1) is 15.8. The van der Waals surface area contributed by atoms with Gasteiger partial charge in [0.05, 0.1) is 22.2 Å². The van der Waals surface area contributed by atoms with Gasteiger partial charge in [-0.15, -0.1) is 0 Å². The van der Waals surface area contributed by atoms with Crippen LogP contribution in [0, 0.1) is 5.92 Å². The third-order valence-corrected chi connectivity index (χ3v) is 8.42. The number of nitrogens with one attached hydrogen (secondary N) is 1. The van der Waals surface area contributed by atoms with Crippen molar-refractivity contribution in [3.8, 4) is 0 Å². The summed E-state index contributed by atoms with van der Waals surface area (Å²) in [6, 6.07) is 8.52. The van der Waals surface area contributed by atoms with Gasteiger partial charge in [-0.05, 0) is 56.0 Å². The predicted octanol–water partition coefficient (Wildman–Crippen LogP) is 3.98. The highest BCUT2D eigenvalue weighted by Gasteiger charge is 2.25. The summed E-state index contributed by atoms with van der Waals surface area (Å²) < 4.78 is 23.2. The molecule has 4 rings (SSSR count). The molecule has 2 aliphatic rings. The minimum Gasteiger partial charge on any atom is -0.355 e. The Bertz CT molecular complexity index is 1090. The van der Waals surface area contributed by atoms with Gasteiger partial charge in [-0.3, -0.25) is 4.79 Å². The van der Waals surface area contributed by atoms with Crippen molar-refractivity contribution in [1.82, 2.24) is 9.88 Å². The second kappa shape index (κ2) is 10.6. The summed E-state index contributed by atoms with van der Waals surface area (Å²) in [5.41, 5.74) is 1.05. The Hall–Kier alpha value is -1.87. The number of pyridine rings is 1. The smallest absolute Gasteiger partial charge is 0.255 e. The predicted molar refractivity (Wildman–Crippen MR) is 133 cm³/mol. The lowest BCUT2D eigenvalue weighted by atomic mass is 9.93. The van der Waals surface area contributed by atoms with E-state index >= 15 is 0 Å². The van der Waals surface area contributed by atoms with Crippen LogP contribution in [0.4, 0.5) is 11.5 Å². The lowest BCUT2D eigenvalue weighted by Crippen LogP contribution is -2.42. The number of benzene rings is 1. The largest absolute Gasteiger partial charge is 0.355 e. The molecule has 0 radical (unpaired) electrons. The molecule has 10 heteroatoms. The van der Waals surface area contributed by atoms with Crippen molar-refractivity contribution in [3.63, 3.8) is 0 Å². The molecule has 1 aromatic heterocycles. The lowest BCUT2D eigenvalue weighted by Gasteiger charge is -2.35. The molecule has 1 amide bonds. The first-order valence-corrected chi connectivity index (χ1v) is 13.8. The standard InChI is InChI=1S/C23H28Cl2N4O3S/c24-19-3-1-2-18(14-19)23(30)27-21-15-20(25)16-26-22(21)29-8-5-17(6-9-29)4-7-28-10-12-33(31,32)13-11-28/h1-3,14-17H,4-13H2,(H,27,30). The van der Waals surface area contributed by atoms with Crippen molar-refractivity contribution in [3.05, 3.63) is 52.1 Å². The van der Waals surface area contributed by atoms with Crippen LogP contribution in [0.3, 0.4) is 0 Å². The van der Waals surface area contributed by atoms with Crippen LogP contribution in [0.1, 0.15) is 29.6 Å². The van der Waals surface area contributed by atoms with E-state index in [1.807, 2.05) is 0 Å². The summed E-state index contributed by atoms with van der Waals surface area (Å²) in [5, 5.41) is 3.89. The molecule has 0 aliphatic carbocycles. The number of sulfone groups is 1. The van der Waals surface area contributed by atoms with Crippen LogP contribution in [-0.2, 0) is 9.84 Å². The van der Waals surface area contributed by atoms with E-state index in [1.54, 1.807) is 36.5 Å². The minimum absolute atomic E-state index is 0.263. The Morgan fingerprint density at radius 3 is 2.48 bits per heavy atom. The van der Waals surface area contributed by atoms with E-state index in [1.165, 1.54) is 0 Å². The number of carbonyl (C=O) groups is 1. The fourth-order valence-electron chi connectivity index (χ4n) is 4.37. The summed E-state index contributed by atoms with van der Waals surface area (Å²) in [5.74, 6) is 1.60. The molecule has 2 aromatic rings. The van der Waals surface area contributed by atoms with Gasteiger partial charge < -0.3 is 15.1 Å². The number of hydrogen-bond donors (Lipinski definition) is 1.